The fourth-order valence-corrected chi connectivity index (χ4v) is 5.07. The molecule has 5 heteroatoms. The fraction of sp³-hybridized carbons (Fsp3) is 0.318. The van der Waals surface area contributed by atoms with E-state index in [0.29, 0.717) is 0 Å². The van der Waals surface area contributed by atoms with E-state index in [1.54, 1.807) is 0 Å². The molecule has 2 aromatic carbocycles. The maximum absolute atomic E-state index is 11.2. The molecule has 0 radical (unpaired) electrons. The average molecular weight is 400 g/mol. The lowest BCUT2D eigenvalue weighted by Crippen LogP contribution is -2.36. The second-order valence-electron chi connectivity index (χ2n) is 7.12. The Morgan fingerprint density at radius 2 is 1.96 bits per heavy atom. The van der Waals surface area contributed by atoms with E-state index in [9.17, 15) is 9.90 Å². The van der Waals surface area contributed by atoms with Crippen molar-refractivity contribution in [3.63, 3.8) is 0 Å². The molecule has 1 N–H and O–H groups in total. The standard InChI is InChI=1S/C22H22ClNO2S/c23-17-5-6-21-20(13-17)19(18-4-2-1-3-16(18)14-27-21)9-12-24-10-7-15(8-11-24)22(25)26/h1-6,9,13,15H,7-8,10-12,14H2,(H,25,26). The Balaban J connectivity index is 1.64. The van der Waals surface area contributed by atoms with Gasteiger partial charge in [-0.2, -0.15) is 0 Å². The molecule has 0 unspecified atom stereocenters. The van der Waals surface area contributed by atoms with Gasteiger partial charge in [-0.15, -0.1) is 11.8 Å². The second kappa shape index (κ2) is 8.09. The molecule has 2 heterocycles. The SMILES string of the molecule is O=C(O)C1CCN(CC=C2c3ccccc3CSc3ccc(Cl)cc32)CC1. The van der Waals surface area contributed by atoms with Crippen LogP contribution in [-0.4, -0.2) is 35.6 Å². The van der Waals surface area contributed by atoms with E-state index >= 15 is 0 Å². The number of hydrogen-bond donors (Lipinski definition) is 1. The van der Waals surface area contributed by atoms with Gasteiger partial charge in [0.15, 0.2) is 0 Å². The Kier molecular flexibility index (Phi) is 5.58. The van der Waals surface area contributed by atoms with Crippen LogP contribution in [0.3, 0.4) is 0 Å². The molecule has 3 nitrogen and oxygen atoms in total. The highest BCUT2D eigenvalue weighted by Crippen LogP contribution is 2.41. The summed E-state index contributed by atoms with van der Waals surface area (Å²) < 4.78 is 0. The van der Waals surface area contributed by atoms with Crippen LogP contribution in [0, 0.1) is 5.92 Å². The van der Waals surface area contributed by atoms with Crippen molar-refractivity contribution >= 4 is 34.9 Å². The number of aliphatic carboxylic acids is 1. The summed E-state index contributed by atoms with van der Waals surface area (Å²) in [5.41, 5.74) is 5.03. The van der Waals surface area contributed by atoms with E-state index in [0.717, 1.165) is 43.3 Å². The van der Waals surface area contributed by atoms with Gasteiger partial charge in [0.2, 0.25) is 0 Å². The van der Waals surface area contributed by atoms with Crippen LogP contribution in [0.25, 0.3) is 5.57 Å². The summed E-state index contributed by atoms with van der Waals surface area (Å²) in [6.45, 7) is 2.49. The Hall–Kier alpha value is -1.75. The van der Waals surface area contributed by atoms with E-state index < -0.39 is 5.97 Å². The van der Waals surface area contributed by atoms with Crippen LogP contribution in [0.1, 0.15) is 29.5 Å². The second-order valence-corrected chi connectivity index (χ2v) is 8.57. The fourth-order valence-electron chi connectivity index (χ4n) is 3.85. The van der Waals surface area contributed by atoms with Gasteiger partial charge < -0.3 is 5.11 Å². The zero-order chi connectivity index (χ0) is 18.8. The largest absolute Gasteiger partial charge is 0.481 e. The van der Waals surface area contributed by atoms with Crippen LogP contribution >= 0.6 is 23.4 Å². The maximum Gasteiger partial charge on any atom is 0.306 e. The van der Waals surface area contributed by atoms with Crippen LogP contribution in [0.15, 0.2) is 53.4 Å². The van der Waals surface area contributed by atoms with Gasteiger partial charge in [-0.1, -0.05) is 41.9 Å². The van der Waals surface area contributed by atoms with E-state index in [1.165, 1.54) is 27.2 Å². The van der Waals surface area contributed by atoms with Crippen LogP contribution in [0.5, 0.6) is 0 Å². The van der Waals surface area contributed by atoms with Crippen molar-refractivity contribution in [3.05, 3.63) is 70.3 Å². The molecule has 2 aliphatic rings. The quantitative estimate of drug-likeness (QED) is 0.772. The first kappa shape index (κ1) is 18.6. The Bertz CT molecular complexity index is 888. The number of carbonyl (C=O) groups is 1. The van der Waals surface area contributed by atoms with Crippen molar-refractivity contribution in [3.8, 4) is 0 Å². The minimum atomic E-state index is -0.661. The molecule has 0 atom stereocenters. The van der Waals surface area contributed by atoms with Gasteiger partial charge in [-0.25, -0.2) is 0 Å². The maximum atomic E-state index is 11.2. The third-order valence-electron chi connectivity index (χ3n) is 5.41. The lowest BCUT2D eigenvalue weighted by atomic mass is 9.93. The van der Waals surface area contributed by atoms with Crippen molar-refractivity contribution in [1.82, 2.24) is 4.90 Å². The van der Waals surface area contributed by atoms with Crippen molar-refractivity contribution in [2.75, 3.05) is 19.6 Å². The molecule has 0 spiro atoms. The number of nitrogens with zero attached hydrogens (tertiary/aromatic N) is 1. The first-order valence-corrected chi connectivity index (χ1v) is 10.6. The number of benzene rings is 2. The van der Waals surface area contributed by atoms with Gasteiger partial charge in [-0.05, 0) is 66.4 Å². The first-order valence-electron chi connectivity index (χ1n) is 9.28. The van der Waals surface area contributed by atoms with Gasteiger partial charge in [-0.3, -0.25) is 9.69 Å². The van der Waals surface area contributed by atoms with Crippen LogP contribution in [0.4, 0.5) is 0 Å². The summed E-state index contributed by atoms with van der Waals surface area (Å²) in [5.74, 6) is 0.0985. The molecule has 140 valence electrons. The van der Waals surface area contributed by atoms with Crippen LogP contribution in [-0.2, 0) is 10.5 Å². The molecule has 0 aromatic heterocycles. The molecular formula is C22H22ClNO2S. The monoisotopic (exact) mass is 399 g/mol. The lowest BCUT2D eigenvalue weighted by molar-refractivity contribution is -0.143. The Morgan fingerprint density at radius 3 is 2.74 bits per heavy atom. The number of piperidine rings is 1. The highest BCUT2D eigenvalue weighted by Gasteiger charge is 2.24. The Morgan fingerprint density at radius 1 is 1.19 bits per heavy atom. The normalized spacial score (nSPS) is 19.4. The molecule has 4 rings (SSSR count). The molecule has 1 fully saturated rings. The zero-order valence-electron chi connectivity index (χ0n) is 15.0. The molecule has 2 aromatic rings. The number of likely N-dealkylation sites (tertiary alicyclic amines) is 1. The molecule has 0 aliphatic carbocycles. The van der Waals surface area contributed by atoms with E-state index in [2.05, 4.69) is 47.4 Å². The number of thioether (sulfide) groups is 1. The highest BCUT2D eigenvalue weighted by atomic mass is 35.5. The number of carboxylic acids is 1. The summed E-state index contributed by atoms with van der Waals surface area (Å²) in [6.07, 6.45) is 3.75. The number of carboxylic acid groups (broad SMARTS) is 1. The minimum absolute atomic E-state index is 0.191. The number of fused-ring (bicyclic) bond motifs is 2. The highest BCUT2D eigenvalue weighted by molar-refractivity contribution is 7.98. The van der Waals surface area contributed by atoms with Crippen LogP contribution < -0.4 is 0 Å². The zero-order valence-corrected chi connectivity index (χ0v) is 16.6. The van der Waals surface area contributed by atoms with Crippen LogP contribution in [0.2, 0.25) is 5.02 Å². The first-order chi connectivity index (χ1) is 13.1. The third kappa shape index (κ3) is 4.08. The van der Waals surface area contributed by atoms with Crippen molar-refractivity contribution < 1.29 is 9.90 Å². The lowest BCUT2D eigenvalue weighted by Gasteiger charge is -2.29. The summed E-state index contributed by atoms with van der Waals surface area (Å²) in [4.78, 5) is 14.8. The predicted octanol–water partition coefficient (Wildman–Crippen LogP) is 5.17. The van der Waals surface area contributed by atoms with E-state index in [-0.39, 0.29) is 5.92 Å². The topological polar surface area (TPSA) is 40.5 Å². The molecule has 0 bridgehead atoms. The molecule has 0 amide bonds. The van der Waals surface area contributed by atoms with Gasteiger partial charge in [0.05, 0.1) is 5.92 Å². The summed E-state index contributed by atoms with van der Waals surface area (Å²) in [7, 11) is 0. The Labute approximate surface area is 169 Å². The van der Waals surface area contributed by atoms with Gasteiger partial charge in [0.25, 0.3) is 0 Å². The molecular weight excluding hydrogens is 378 g/mol. The number of halogens is 1. The molecule has 1 saturated heterocycles. The third-order valence-corrected chi connectivity index (χ3v) is 6.77. The smallest absolute Gasteiger partial charge is 0.306 e. The van der Waals surface area contributed by atoms with E-state index in [1.807, 2.05) is 17.8 Å². The number of hydrogen-bond acceptors (Lipinski definition) is 3. The van der Waals surface area contributed by atoms with Crippen molar-refractivity contribution in [1.29, 1.82) is 0 Å². The summed E-state index contributed by atoms with van der Waals surface area (Å²) in [5, 5.41) is 9.94. The summed E-state index contributed by atoms with van der Waals surface area (Å²) in [6, 6.07) is 14.7. The van der Waals surface area contributed by atoms with Gasteiger partial charge >= 0.3 is 5.97 Å². The molecule has 0 saturated carbocycles. The average Bonchev–Trinajstić information content (AvgIpc) is 2.83. The number of rotatable bonds is 3. The van der Waals surface area contributed by atoms with E-state index in [4.69, 9.17) is 11.6 Å². The molecule has 27 heavy (non-hydrogen) atoms. The van der Waals surface area contributed by atoms with Crippen molar-refractivity contribution in [2.24, 2.45) is 5.92 Å². The minimum Gasteiger partial charge on any atom is -0.481 e. The van der Waals surface area contributed by atoms with Gasteiger partial charge in [0, 0.05) is 22.2 Å². The molecule has 2 aliphatic heterocycles. The predicted molar refractivity (Wildman–Crippen MR) is 111 cm³/mol. The van der Waals surface area contributed by atoms with Gasteiger partial charge in [0.1, 0.15) is 0 Å². The summed E-state index contributed by atoms with van der Waals surface area (Å²) >= 11 is 8.17. The van der Waals surface area contributed by atoms with Crippen molar-refractivity contribution in [2.45, 2.75) is 23.5 Å².